The third kappa shape index (κ3) is 5.51. The molecule has 0 aliphatic heterocycles. The lowest BCUT2D eigenvalue weighted by Gasteiger charge is -2.04. The molecule has 0 fully saturated rings. The first-order valence-electron chi connectivity index (χ1n) is 8.88. The average Bonchev–Trinajstić information content (AvgIpc) is 3.03. The summed E-state index contributed by atoms with van der Waals surface area (Å²) in [5, 5.41) is 0. The van der Waals surface area contributed by atoms with Crippen LogP contribution in [-0.2, 0) is 20.9 Å². The Bertz CT molecular complexity index is 1140. The minimum Gasteiger partial charge on any atom is -0.468 e. The maximum atomic E-state index is 14.3. The van der Waals surface area contributed by atoms with Gasteiger partial charge in [-0.3, -0.25) is 9.59 Å². The molecule has 10 heteroatoms. The lowest BCUT2D eigenvalue weighted by Crippen LogP contribution is -2.22. The van der Waals surface area contributed by atoms with Crippen molar-refractivity contribution in [2.24, 2.45) is 4.99 Å². The minimum absolute atomic E-state index is 0.00906. The smallest absolute Gasteiger partial charge is 0.325 e. The molecular weight excluding hydrogens is 437 g/mol. The fraction of sp³-hybridized carbons (Fsp3) is 0.250. The number of esters is 1. The number of methoxy groups -OCH3 is 1. The van der Waals surface area contributed by atoms with Gasteiger partial charge in [-0.15, -0.1) is 11.8 Å². The zero-order chi connectivity index (χ0) is 21.7. The number of carbonyl (C=O) groups excluding carboxylic acids is 2. The van der Waals surface area contributed by atoms with Gasteiger partial charge in [0.2, 0.25) is 5.91 Å². The van der Waals surface area contributed by atoms with Crippen LogP contribution in [0.5, 0.6) is 0 Å². The van der Waals surface area contributed by atoms with Crippen molar-refractivity contribution >= 4 is 45.2 Å². The molecule has 1 heterocycles. The van der Waals surface area contributed by atoms with E-state index in [2.05, 4.69) is 9.73 Å². The number of amides is 1. The van der Waals surface area contributed by atoms with E-state index in [1.807, 2.05) is 0 Å². The normalized spacial score (nSPS) is 11.8. The number of hydrogen-bond acceptors (Lipinski definition) is 5. The van der Waals surface area contributed by atoms with E-state index in [-0.39, 0.29) is 33.8 Å². The molecule has 0 unspecified atom stereocenters. The summed E-state index contributed by atoms with van der Waals surface area (Å²) >= 11 is 2.40. The van der Waals surface area contributed by atoms with Gasteiger partial charge >= 0.3 is 5.97 Å². The maximum absolute atomic E-state index is 14.3. The molecule has 158 valence electrons. The first-order chi connectivity index (χ1) is 14.4. The zero-order valence-electron chi connectivity index (χ0n) is 15.9. The number of aromatic nitrogens is 1. The van der Waals surface area contributed by atoms with E-state index in [4.69, 9.17) is 0 Å². The van der Waals surface area contributed by atoms with Crippen molar-refractivity contribution in [3.05, 3.63) is 58.7 Å². The summed E-state index contributed by atoms with van der Waals surface area (Å²) < 4.78 is 46.8. The molecule has 5 nitrogen and oxygen atoms in total. The highest BCUT2D eigenvalue weighted by Gasteiger charge is 2.16. The molecule has 0 aliphatic carbocycles. The lowest BCUT2D eigenvalue weighted by atomic mass is 10.3. The van der Waals surface area contributed by atoms with Crippen molar-refractivity contribution in [3.8, 4) is 0 Å². The third-order valence-electron chi connectivity index (χ3n) is 4.05. The van der Waals surface area contributed by atoms with Gasteiger partial charge in [0, 0.05) is 17.4 Å². The van der Waals surface area contributed by atoms with Crippen molar-refractivity contribution in [1.29, 1.82) is 0 Å². The molecule has 0 saturated heterocycles. The fourth-order valence-electron chi connectivity index (χ4n) is 2.66. The summed E-state index contributed by atoms with van der Waals surface area (Å²) in [7, 11) is 1.19. The molecule has 1 amide bonds. The number of halogens is 3. The molecule has 1 aromatic heterocycles. The molecule has 0 bridgehead atoms. The molecule has 3 rings (SSSR count). The molecule has 3 aromatic rings. The van der Waals surface area contributed by atoms with Crippen molar-refractivity contribution in [3.63, 3.8) is 0 Å². The van der Waals surface area contributed by atoms with Crippen molar-refractivity contribution in [2.45, 2.75) is 24.3 Å². The van der Waals surface area contributed by atoms with Crippen LogP contribution in [0.2, 0.25) is 0 Å². The Kier molecular flexibility index (Phi) is 7.33. The molecule has 0 atom stereocenters. The Labute approximate surface area is 178 Å². The first kappa shape index (κ1) is 22.1. The largest absolute Gasteiger partial charge is 0.468 e. The molecule has 0 saturated carbocycles. The van der Waals surface area contributed by atoms with E-state index in [0.717, 1.165) is 22.3 Å². The van der Waals surface area contributed by atoms with Crippen LogP contribution < -0.4 is 4.80 Å². The Morgan fingerprint density at radius 1 is 1.13 bits per heavy atom. The average molecular weight is 454 g/mol. The molecule has 0 radical (unpaired) electrons. The van der Waals surface area contributed by atoms with E-state index in [9.17, 15) is 22.8 Å². The van der Waals surface area contributed by atoms with Crippen LogP contribution in [0.25, 0.3) is 10.2 Å². The topological polar surface area (TPSA) is 60.7 Å². The highest BCUT2D eigenvalue weighted by atomic mass is 32.2. The number of ether oxygens (including phenoxy) is 1. The highest BCUT2D eigenvalue weighted by molar-refractivity contribution is 7.99. The van der Waals surface area contributed by atoms with Crippen LogP contribution in [0.3, 0.4) is 0 Å². The maximum Gasteiger partial charge on any atom is 0.325 e. The van der Waals surface area contributed by atoms with E-state index in [1.54, 1.807) is 12.1 Å². The minimum atomic E-state index is -0.852. The Morgan fingerprint density at radius 3 is 2.57 bits per heavy atom. The molecular formula is C20H17F3N2O3S2. The summed E-state index contributed by atoms with van der Waals surface area (Å²) in [5.74, 6) is -2.39. The van der Waals surface area contributed by atoms with Crippen LogP contribution >= 0.6 is 23.1 Å². The van der Waals surface area contributed by atoms with Crippen molar-refractivity contribution < 1.29 is 27.5 Å². The summed E-state index contributed by atoms with van der Waals surface area (Å²) in [6, 6.07) is 7.89. The second-order valence-electron chi connectivity index (χ2n) is 6.19. The summed E-state index contributed by atoms with van der Waals surface area (Å²) in [6.07, 6.45) is 0.659. The number of thiazole rings is 1. The molecule has 0 aliphatic rings. The van der Waals surface area contributed by atoms with Gasteiger partial charge in [0.1, 0.15) is 18.2 Å². The van der Waals surface area contributed by atoms with Gasteiger partial charge in [-0.25, -0.2) is 13.2 Å². The van der Waals surface area contributed by atoms with Gasteiger partial charge in [-0.1, -0.05) is 11.3 Å². The number of benzene rings is 2. The van der Waals surface area contributed by atoms with E-state index in [1.165, 1.54) is 35.6 Å². The van der Waals surface area contributed by atoms with Crippen LogP contribution in [0.15, 0.2) is 46.3 Å². The van der Waals surface area contributed by atoms with Gasteiger partial charge in [0.05, 0.1) is 17.3 Å². The molecule has 2 aromatic carbocycles. The van der Waals surface area contributed by atoms with Gasteiger partial charge in [0.25, 0.3) is 0 Å². The van der Waals surface area contributed by atoms with Gasteiger partial charge in [0.15, 0.2) is 10.6 Å². The number of hydrogen-bond donors (Lipinski definition) is 0. The second-order valence-corrected chi connectivity index (χ2v) is 8.37. The Morgan fingerprint density at radius 2 is 1.87 bits per heavy atom. The molecule has 0 spiro atoms. The van der Waals surface area contributed by atoms with E-state index in [0.29, 0.717) is 18.2 Å². The van der Waals surface area contributed by atoms with Crippen LogP contribution in [0, 0.1) is 17.5 Å². The third-order valence-corrected chi connectivity index (χ3v) is 6.17. The number of fused-ring (bicyclic) bond motifs is 1. The number of rotatable bonds is 7. The predicted molar refractivity (Wildman–Crippen MR) is 109 cm³/mol. The Balaban J connectivity index is 1.75. The molecule has 30 heavy (non-hydrogen) atoms. The number of nitrogens with zero attached hydrogens (tertiary/aromatic N) is 2. The number of thioether (sulfide) groups is 1. The summed E-state index contributed by atoms with van der Waals surface area (Å²) in [5.41, 5.74) is -0.00906. The fourth-order valence-corrected chi connectivity index (χ4v) is 4.60. The summed E-state index contributed by atoms with van der Waals surface area (Å²) in [4.78, 5) is 29.0. The number of carbonyl (C=O) groups is 2. The van der Waals surface area contributed by atoms with Crippen molar-refractivity contribution in [1.82, 2.24) is 4.57 Å². The zero-order valence-corrected chi connectivity index (χ0v) is 17.5. The first-order valence-corrected chi connectivity index (χ1v) is 10.7. The van der Waals surface area contributed by atoms with E-state index >= 15 is 0 Å². The molecule has 0 N–H and O–H groups in total. The lowest BCUT2D eigenvalue weighted by molar-refractivity contribution is -0.141. The van der Waals surface area contributed by atoms with Crippen LogP contribution in [0.4, 0.5) is 13.2 Å². The SMILES string of the molecule is COC(=O)Cn1c(=NC(=O)CCCSc2ccc(F)cc2)sc2cc(F)cc(F)c21. The standard InChI is InChI=1S/C20H17F3N2O3S2/c1-28-18(27)11-25-19-15(23)9-13(22)10-16(19)30-20(25)24-17(26)3-2-8-29-14-6-4-12(21)5-7-14/h4-7,9-10H,2-3,8,11H2,1H3. The van der Waals surface area contributed by atoms with Gasteiger partial charge in [-0.05, 0) is 42.5 Å². The summed E-state index contributed by atoms with van der Waals surface area (Å²) in [6.45, 7) is -0.356. The second kappa shape index (κ2) is 9.94. The van der Waals surface area contributed by atoms with Gasteiger partial charge < -0.3 is 9.30 Å². The Hall–Kier alpha value is -2.59. The van der Waals surface area contributed by atoms with Crippen molar-refractivity contribution in [2.75, 3.05) is 12.9 Å². The monoisotopic (exact) mass is 454 g/mol. The van der Waals surface area contributed by atoms with Gasteiger partial charge in [-0.2, -0.15) is 4.99 Å². The van der Waals surface area contributed by atoms with Crippen LogP contribution in [0.1, 0.15) is 12.8 Å². The van der Waals surface area contributed by atoms with Crippen LogP contribution in [-0.4, -0.2) is 29.3 Å². The van der Waals surface area contributed by atoms with E-state index < -0.39 is 23.5 Å². The quantitative estimate of drug-likeness (QED) is 0.304. The predicted octanol–water partition coefficient (Wildman–Crippen LogP) is 4.29. The highest BCUT2D eigenvalue weighted by Crippen LogP contribution is 2.23.